The second kappa shape index (κ2) is 8.31. The number of ether oxygens (including phenoxy) is 1. The first-order valence-corrected chi connectivity index (χ1v) is 10.6. The Morgan fingerprint density at radius 1 is 1.12 bits per heavy atom. The van der Waals surface area contributed by atoms with E-state index in [0.29, 0.717) is 23.4 Å². The summed E-state index contributed by atoms with van der Waals surface area (Å²) in [5.41, 5.74) is 5.48. The lowest BCUT2D eigenvalue weighted by Gasteiger charge is -2.15. The van der Waals surface area contributed by atoms with Gasteiger partial charge in [0.15, 0.2) is 0 Å². The molecule has 8 heteroatoms. The minimum Gasteiger partial charge on any atom is -0.487 e. The van der Waals surface area contributed by atoms with Crippen LogP contribution in [0.25, 0.3) is 16.7 Å². The minimum atomic E-state index is -0.252. The number of aromatic amines is 2. The van der Waals surface area contributed by atoms with E-state index in [2.05, 4.69) is 20.3 Å². The summed E-state index contributed by atoms with van der Waals surface area (Å²) >= 11 is 0. The van der Waals surface area contributed by atoms with Gasteiger partial charge < -0.3 is 24.4 Å². The van der Waals surface area contributed by atoms with Gasteiger partial charge in [0.2, 0.25) is 0 Å². The van der Waals surface area contributed by atoms with Crippen molar-refractivity contribution in [2.75, 3.05) is 0 Å². The number of rotatable bonds is 6. The summed E-state index contributed by atoms with van der Waals surface area (Å²) in [6.07, 6.45) is 3.91. The van der Waals surface area contributed by atoms with Crippen molar-refractivity contribution in [3.8, 4) is 5.75 Å². The highest BCUT2D eigenvalue weighted by atomic mass is 16.5. The topological polar surface area (TPSA) is 104 Å². The standard InChI is InChI=1S/C25H23N5O3/c1-15-4-3-11-30-13-19(27-23(15)30)14-33-20-8-5-17(6-9-20)24(31)26-16(2)18-7-10-21-22(12-18)29-25(32)28-21/h3-13,16H,14H2,1-2H3,(H,26,31)(H2,28,29,32). The minimum absolute atomic E-state index is 0.187. The Hall–Kier alpha value is -4.33. The summed E-state index contributed by atoms with van der Waals surface area (Å²) in [7, 11) is 0. The van der Waals surface area contributed by atoms with Gasteiger partial charge in [-0.05, 0) is 67.4 Å². The Balaban J connectivity index is 1.22. The molecule has 5 rings (SSSR count). The highest BCUT2D eigenvalue weighted by molar-refractivity contribution is 5.94. The van der Waals surface area contributed by atoms with Crippen molar-refractivity contribution >= 4 is 22.6 Å². The maximum atomic E-state index is 12.7. The Morgan fingerprint density at radius 3 is 2.70 bits per heavy atom. The SMILES string of the molecule is Cc1cccn2cc(COc3ccc(C(=O)NC(C)c4ccc5[nH]c(=O)[nH]c5c4)cc3)nc12. The van der Waals surface area contributed by atoms with Crippen LogP contribution in [-0.2, 0) is 6.61 Å². The number of imidazole rings is 2. The molecular formula is C25H23N5O3. The second-order valence-corrected chi connectivity index (χ2v) is 8.05. The van der Waals surface area contributed by atoms with E-state index in [1.807, 2.05) is 61.0 Å². The summed E-state index contributed by atoms with van der Waals surface area (Å²) in [6.45, 7) is 4.27. The summed E-state index contributed by atoms with van der Waals surface area (Å²) in [5, 5.41) is 2.99. The van der Waals surface area contributed by atoms with Gasteiger partial charge in [-0.1, -0.05) is 12.1 Å². The van der Waals surface area contributed by atoms with Crippen molar-refractivity contribution in [3.63, 3.8) is 0 Å². The number of hydrogen-bond acceptors (Lipinski definition) is 4. The smallest absolute Gasteiger partial charge is 0.323 e. The number of H-pyrrole nitrogens is 2. The number of carbonyl (C=O) groups excluding carboxylic acids is 1. The Kier molecular flexibility index (Phi) is 5.18. The third-order valence-electron chi connectivity index (χ3n) is 5.62. The molecule has 0 saturated heterocycles. The van der Waals surface area contributed by atoms with Gasteiger partial charge in [0.25, 0.3) is 5.91 Å². The monoisotopic (exact) mass is 441 g/mol. The molecule has 5 aromatic rings. The average molecular weight is 441 g/mol. The number of nitrogens with zero attached hydrogens (tertiary/aromatic N) is 2. The molecule has 3 heterocycles. The molecular weight excluding hydrogens is 418 g/mol. The molecule has 0 fully saturated rings. The number of fused-ring (bicyclic) bond motifs is 2. The number of pyridine rings is 1. The number of nitrogens with one attached hydrogen (secondary N) is 3. The van der Waals surface area contributed by atoms with Crippen molar-refractivity contribution in [2.45, 2.75) is 26.5 Å². The molecule has 0 aliphatic rings. The van der Waals surface area contributed by atoms with E-state index in [4.69, 9.17) is 4.74 Å². The lowest BCUT2D eigenvalue weighted by atomic mass is 10.1. The normalized spacial score (nSPS) is 12.2. The zero-order chi connectivity index (χ0) is 22.9. The quantitative estimate of drug-likeness (QED) is 0.372. The summed E-state index contributed by atoms with van der Waals surface area (Å²) < 4.78 is 7.83. The molecule has 3 N–H and O–H groups in total. The molecule has 0 spiro atoms. The molecule has 1 amide bonds. The summed E-state index contributed by atoms with van der Waals surface area (Å²) in [5.74, 6) is 0.475. The first kappa shape index (κ1) is 20.6. The second-order valence-electron chi connectivity index (χ2n) is 8.05. The van der Waals surface area contributed by atoms with Crippen LogP contribution in [0, 0.1) is 6.92 Å². The Bertz CT molecular complexity index is 1510. The van der Waals surface area contributed by atoms with Crippen molar-refractivity contribution in [1.82, 2.24) is 24.7 Å². The number of aryl methyl sites for hydroxylation is 1. The van der Waals surface area contributed by atoms with E-state index in [1.54, 1.807) is 24.3 Å². The van der Waals surface area contributed by atoms with Crippen molar-refractivity contribution < 1.29 is 9.53 Å². The van der Waals surface area contributed by atoms with Gasteiger partial charge in [-0.2, -0.15) is 0 Å². The van der Waals surface area contributed by atoms with Crippen LogP contribution in [-0.4, -0.2) is 25.3 Å². The van der Waals surface area contributed by atoms with Crippen LogP contribution in [0.1, 0.15) is 40.1 Å². The largest absolute Gasteiger partial charge is 0.487 e. The molecule has 2 aromatic carbocycles. The van der Waals surface area contributed by atoms with Crippen molar-refractivity contribution in [1.29, 1.82) is 0 Å². The molecule has 0 radical (unpaired) electrons. The molecule has 3 aromatic heterocycles. The van der Waals surface area contributed by atoms with Crippen LogP contribution in [0.15, 0.2) is 71.8 Å². The van der Waals surface area contributed by atoms with Crippen LogP contribution in [0.4, 0.5) is 0 Å². The predicted octanol–water partition coefficient (Wildman–Crippen LogP) is 3.88. The zero-order valence-corrected chi connectivity index (χ0v) is 18.3. The third-order valence-corrected chi connectivity index (χ3v) is 5.62. The molecule has 0 aliphatic heterocycles. The van der Waals surface area contributed by atoms with Gasteiger partial charge in [0, 0.05) is 18.0 Å². The summed E-state index contributed by atoms with van der Waals surface area (Å²) in [6, 6.07) is 16.4. The average Bonchev–Trinajstić information content (AvgIpc) is 3.40. The van der Waals surface area contributed by atoms with Crippen LogP contribution < -0.4 is 15.7 Å². The summed E-state index contributed by atoms with van der Waals surface area (Å²) in [4.78, 5) is 34.2. The fourth-order valence-corrected chi connectivity index (χ4v) is 3.82. The van der Waals surface area contributed by atoms with Gasteiger partial charge in [-0.25, -0.2) is 9.78 Å². The molecule has 8 nitrogen and oxygen atoms in total. The number of amides is 1. The van der Waals surface area contributed by atoms with Crippen LogP contribution >= 0.6 is 0 Å². The van der Waals surface area contributed by atoms with E-state index in [0.717, 1.165) is 28.0 Å². The maximum absolute atomic E-state index is 12.7. The fraction of sp³-hybridized carbons (Fsp3) is 0.160. The first-order chi connectivity index (χ1) is 16.0. The van der Waals surface area contributed by atoms with Gasteiger partial charge in [0.05, 0.1) is 22.8 Å². The van der Waals surface area contributed by atoms with Gasteiger partial charge >= 0.3 is 5.69 Å². The highest BCUT2D eigenvalue weighted by Crippen LogP contribution is 2.19. The maximum Gasteiger partial charge on any atom is 0.323 e. The first-order valence-electron chi connectivity index (χ1n) is 10.6. The predicted molar refractivity (Wildman–Crippen MR) is 126 cm³/mol. The molecule has 0 aliphatic carbocycles. The lowest BCUT2D eigenvalue weighted by molar-refractivity contribution is 0.0940. The number of aromatic nitrogens is 4. The number of hydrogen-bond donors (Lipinski definition) is 3. The van der Waals surface area contributed by atoms with E-state index >= 15 is 0 Å². The number of benzene rings is 2. The van der Waals surface area contributed by atoms with Crippen LogP contribution in [0.5, 0.6) is 5.75 Å². The van der Waals surface area contributed by atoms with Gasteiger partial charge in [-0.15, -0.1) is 0 Å². The number of carbonyl (C=O) groups is 1. The Morgan fingerprint density at radius 2 is 1.91 bits per heavy atom. The Labute approximate surface area is 189 Å². The molecule has 1 atom stereocenters. The molecule has 1 unspecified atom stereocenters. The van der Waals surface area contributed by atoms with Gasteiger partial charge in [0.1, 0.15) is 18.0 Å². The third kappa shape index (κ3) is 4.23. The molecule has 0 saturated carbocycles. The van der Waals surface area contributed by atoms with E-state index in [1.165, 1.54) is 0 Å². The van der Waals surface area contributed by atoms with Crippen molar-refractivity contribution in [2.24, 2.45) is 0 Å². The van der Waals surface area contributed by atoms with Gasteiger partial charge in [-0.3, -0.25) is 4.79 Å². The van der Waals surface area contributed by atoms with E-state index in [-0.39, 0.29) is 17.6 Å². The zero-order valence-electron chi connectivity index (χ0n) is 18.3. The van der Waals surface area contributed by atoms with Crippen LogP contribution in [0.2, 0.25) is 0 Å². The molecule has 166 valence electrons. The lowest BCUT2D eigenvalue weighted by Crippen LogP contribution is -2.26. The molecule has 0 bridgehead atoms. The fourth-order valence-electron chi connectivity index (χ4n) is 3.82. The van der Waals surface area contributed by atoms with Crippen LogP contribution in [0.3, 0.4) is 0 Å². The van der Waals surface area contributed by atoms with E-state index < -0.39 is 0 Å². The van der Waals surface area contributed by atoms with E-state index in [9.17, 15) is 9.59 Å². The molecule has 33 heavy (non-hydrogen) atoms. The highest BCUT2D eigenvalue weighted by Gasteiger charge is 2.13. The van der Waals surface area contributed by atoms with Crippen molar-refractivity contribution in [3.05, 3.63) is 99.9 Å².